The summed E-state index contributed by atoms with van der Waals surface area (Å²) in [4.78, 5) is 12.0. The molecule has 0 spiro atoms. The van der Waals surface area contributed by atoms with Gasteiger partial charge < -0.3 is 16.0 Å². The quantitative estimate of drug-likeness (QED) is 0.784. The van der Waals surface area contributed by atoms with E-state index in [0.717, 1.165) is 19.3 Å². The molecule has 0 bridgehead atoms. The Balaban J connectivity index is 0.00000289. The molecule has 102 valence electrons. The standard InChI is InChI=1S/C14H20O3.H3N/c1-4-14(5-2,6-3)17-13(16)11-9-7-8-10-12(11)15;/h7-10,15H,4-6H2,1-3H3;1H3. The number of phenolic OH excluding ortho intramolecular Hbond substituents is 1. The fraction of sp³-hybridized carbons (Fsp3) is 0.500. The van der Waals surface area contributed by atoms with E-state index in [9.17, 15) is 9.90 Å². The van der Waals surface area contributed by atoms with Crippen LogP contribution in [0.15, 0.2) is 24.3 Å². The summed E-state index contributed by atoms with van der Waals surface area (Å²) in [6.07, 6.45) is 2.33. The Morgan fingerprint density at radius 3 is 2.11 bits per heavy atom. The van der Waals surface area contributed by atoms with Gasteiger partial charge in [-0.1, -0.05) is 32.9 Å². The SMILES string of the molecule is CCC(CC)(CC)OC(=O)c1ccccc1O.N. The fourth-order valence-electron chi connectivity index (χ4n) is 1.86. The van der Waals surface area contributed by atoms with Crippen molar-refractivity contribution in [1.82, 2.24) is 6.15 Å². The Labute approximate surface area is 109 Å². The molecule has 1 rings (SSSR count). The van der Waals surface area contributed by atoms with Crippen LogP contribution in [0.2, 0.25) is 0 Å². The molecule has 0 saturated heterocycles. The van der Waals surface area contributed by atoms with Crippen LogP contribution < -0.4 is 6.15 Å². The van der Waals surface area contributed by atoms with E-state index in [1.54, 1.807) is 18.2 Å². The average molecular weight is 253 g/mol. The predicted octanol–water partition coefficient (Wildman–Crippen LogP) is 3.68. The first-order chi connectivity index (χ1) is 8.08. The fourth-order valence-corrected chi connectivity index (χ4v) is 1.86. The Kier molecular flexibility index (Phi) is 6.41. The minimum atomic E-state index is -0.450. The molecule has 0 heterocycles. The summed E-state index contributed by atoms with van der Waals surface area (Å²) < 4.78 is 5.55. The van der Waals surface area contributed by atoms with Crippen molar-refractivity contribution in [2.24, 2.45) is 0 Å². The normalized spacial score (nSPS) is 10.6. The van der Waals surface area contributed by atoms with Gasteiger partial charge in [0.15, 0.2) is 0 Å². The van der Waals surface area contributed by atoms with Gasteiger partial charge in [-0.25, -0.2) is 4.79 Å². The number of hydrogen-bond acceptors (Lipinski definition) is 4. The molecule has 0 radical (unpaired) electrons. The first kappa shape index (κ1) is 16.4. The van der Waals surface area contributed by atoms with Crippen LogP contribution in [0.25, 0.3) is 0 Å². The van der Waals surface area contributed by atoms with Gasteiger partial charge in [0.25, 0.3) is 0 Å². The van der Waals surface area contributed by atoms with Crippen molar-refractivity contribution in [2.75, 3.05) is 0 Å². The monoisotopic (exact) mass is 253 g/mol. The molecule has 0 amide bonds. The summed E-state index contributed by atoms with van der Waals surface area (Å²) in [7, 11) is 0. The first-order valence-electron chi connectivity index (χ1n) is 6.10. The van der Waals surface area contributed by atoms with Gasteiger partial charge in [0.05, 0.1) is 0 Å². The largest absolute Gasteiger partial charge is 0.507 e. The van der Waals surface area contributed by atoms with Crippen LogP contribution in [0.5, 0.6) is 5.75 Å². The Morgan fingerprint density at radius 1 is 1.17 bits per heavy atom. The zero-order valence-electron chi connectivity index (χ0n) is 11.4. The van der Waals surface area contributed by atoms with Gasteiger partial charge >= 0.3 is 5.97 Å². The predicted molar refractivity (Wildman–Crippen MR) is 72.1 cm³/mol. The molecular weight excluding hydrogens is 230 g/mol. The van der Waals surface area contributed by atoms with E-state index in [0.29, 0.717) is 0 Å². The maximum absolute atomic E-state index is 12.0. The number of benzene rings is 1. The van der Waals surface area contributed by atoms with E-state index in [2.05, 4.69) is 0 Å². The van der Waals surface area contributed by atoms with Crippen LogP contribution in [0.3, 0.4) is 0 Å². The number of esters is 1. The first-order valence-corrected chi connectivity index (χ1v) is 6.10. The van der Waals surface area contributed by atoms with Crippen LogP contribution in [0.1, 0.15) is 50.4 Å². The van der Waals surface area contributed by atoms with Gasteiger partial charge in [0, 0.05) is 0 Å². The Morgan fingerprint density at radius 2 is 1.67 bits per heavy atom. The lowest BCUT2D eigenvalue weighted by Gasteiger charge is -2.30. The lowest BCUT2D eigenvalue weighted by Crippen LogP contribution is -2.33. The number of ether oxygens (including phenoxy) is 1. The number of carbonyl (C=O) groups excluding carboxylic acids is 1. The highest BCUT2D eigenvalue weighted by Crippen LogP contribution is 2.27. The molecule has 0 aliphatic rings. The molecule has 0 aliphatic carbocycles. The summed E-state index contributed by atoms with van der Waals surface area (Å²) in [6, 6.07) is 6.45. The molecule has 0 unspecified atom stereocenters. The summed E-state index contributed by atoms with van der Waals surface area (Å²) >= 11 is 0. The van der Waals surface area contributed by atoms with Crippen molar-refractivity contribution in [1.29, 1.82) is 0 Å². The van der Waals surface area contributed by atoms with Crippen molar-refractivity contribution in [3.8, 4) is 5.75 Å². The number of phenols is 1. The van der Waals surface area contributed by atoms with Gasteiger partial charge in [0.1, 0.15) is 16.9 Å². The molecular formula is C14H23NO3. The van der Waals surface area contributed by atoms with E-state index in [-0.39, 0.29) is 17.5 Å². The number of aromatic hydroxyl groups is 1. The molecule has 1 aromatic carbocycles. The van der Waals surface area contributed by atoms with E-state index in [4.69, 9.17) is 4.74 Å². The summed E-state index contributed by atoms with van der Waals surface area (Å²) in [5, 5.41) is 9.60. The highest BCUT2D eigenvalue weighted by Gasteiger charge is 2.29. The molecule has 1 aromatic rings. The van der Waals surface area contributed by atoms with Crippen LogP contribution in [0.4, 0.5) is 0 Å². The van der Waals surface area contributed by atoms with Gasteiger partial charge in [-0.05, 0) is 31.4 Å². The topological polar surface area (TPSA) is 81.5 Å². The molecule has 4 heteroatoms. The third kappa shape index (κ3) is 3.47. The van der Waals surface area contributed by atoms with E-state index in [1.165, 1.54) is 6.07 Å². The average Bonchev–Trinajstić information content (AvgIpc) is 2.36. The van der Waals surface area contributed by atoms with E-state index in [1.807, 2.05) is 20.8 Å². The highest BCUT2D eigenvalue weighted by molar-refractivity contribution is 5.92. The molecule has 0 saturated carbocycles. The summed E-state index contributed by atoms with van der Waals surface area (Å²) in [6.45, 7) is 6.02. The van der Waals surface area contributed by atoms with Crippen molar-refractivity contribution < 1.29 is 14.6 Å². The van der Waals surface area contributed by atoms with Gasteiger partial charge in [-0.2, -0.15) is 0 Å². The molecule has 4 N–H and O–H groups in total. The summed E-state index contributed by atoms with van der Waals surface area (Å²) in [5.41, 5.74) is -0.188. The number of rotatable bonds is 5. The zero-order valence-corrected chi connectivity index (χ0v) is 11.4. The van der Waals surface area contributed by atoms with Crippen molar-refractivity contribution in [3.05, 3.63) is 29.8 Å². The lowest BCUT2D eigenvalue weighted by molar-refractivity contribution is -0.0251. The zero-order chi connectivity index (χ0) is 12.9. The minimum absolute atomic E-state index is 0. The van der Waals surface area contributed by atoms with Crippen LogP contribution >= 0.6 is 0 Å². The Bertz CT molecular complexity index is 378. The van der Waals surface area contributed by atoms with Crippen LogP contribution in [0, 0.1) is 0 Å². The highest BCUT2D eigenvalue weighted by atomic mass is 16.6. The van der Waals surface area contributed by atoms with Crippen molar-refractivity contribution in [2.45, 2.75) is 45.6 Å². The van der Waals surface area contributed by atoms with Crippen molar-refractivity contribution >= 4 is 5.97 Å². The van der Waals surface area contributed by atoms with E-state index < -0.39 is 11.6 Å². The molecule has 0 aliphatic heterocycles. The van der Waals surface area contributed by atoms with Crippen LogP contribution in [-0.2, 0) is 4.74 Å². The molecule has 18 heavy (non-hydrogen) atoms. The number of hydrogen-bond donors (Lipinski definition) is 2. The number of carbonyl (C=O) groups is 1. The number of para-hydroxylation sites is 1. The lowest BCUT2D eigenvalue weighted by atomic mass is 9.94. The van der Waals surface area contributed by atoms with Crippen molar-refractivity contribution in [3.63, 3.8) is 0 Å². The van der Waals surface area contributed by atoms with Gasteiger partial charge in [-0.3, -0.25) is 0 Å². The molecule has 0 atom stereocenters. The second-order valence-corrected chi connectivity index (χ2v) is 4.15. The van der Waals surface area contributed by atoms with E-state index >= 15 is 0 Å². The smallest absolute Gasteiger partial charge is 0.342 e. The second kappa shape index (κ2) is 7.01. The van der Waals surface area contributed by atoms with Gasteiger partial charge in [-0.15, -0.1) is 0 Å². The maximum Gasteiger partial charge on any atom is 0.342 e. The molecule has 4 nitrogen and oxygen atoms in total. The van der Waals surface area contributed by atoms with Gasteiger partial charge in [0.2, 0.25) is 0 Å². The maximum atomic E-state index is 12.0. The molecule has 0 fully saturated rings. The third-order valence-electron chi connectivity index (χ3n) is 3.37. The summed E-state index contributed by atoms with van der Waals surface area (Å²) in [5.74, 6) is -0.483. The molecule has 0 aromatic heterocycles. The third-order valence-corrected chi connectivity index (χ3v) is 3.37. The van der Waals surface area contributed by atoms with Crippen LogP contribution in [-0.4, -0.2) is 16.7 Å². The second-order valence-electron chi connectivity index (χ2n) is 4.15. The Hall–Kier alpha value is -1.55. The minimum Gasteiger partial charge on any atom is -0.507 e.